The molecule has 0 atom stereocenters. The van der Waals surface area contributed by atoms with Crippen LogP contribution in [0.3, 0.4) is 0 Å². The number of aromatic hydroxyl groups is 1. The van der Waals surface area contributed by atoms with Gasteiger partial charge in [0.05, 0.1) is 0 Å². The van der Waals surface area contributed by atoms with Crippen molar-refractivity contribution in [2.24, 2.45) is 4.99 Å². The van der Waals surface area contributed by atoms with Gasteiger partial charge in [-0.15, -0.1) is 12.1 Å². The Labute approximate surface area is 149 Å². The number of para-hydroxylation sites is 1. The van der Waals surface area contributed by atoms with E-state index >= 15 is 0 Å². The number of furan rings is 1. The van der Waals surface area contributed by atoms with E-state index in [9.17, 15) is 0 Å². The fraction of sp³-hybridized carbons (Fsp3) is 0.111. The Morgan fingerprint density at radius 2 is 1.91 bits per heavy atom. The minimum Gasteiger partial charge on any atom is -0.542 e. The molecule has 0 aliphatic rings. The van der Waals surface area contributed by atoms with E-state index in [4.69, 9.17) is 9.52 Å². The Morgan fingerprint density at radius 3 is 2.48 bits per heavy atom. The number of phenols is 1. The maximum Gasteiger partial charge on any atom is 0.124 e. The van der Waals surface area contributed by atoms with E-state index in [-0.39, 0.29) is 25.9 Å². The molecule has 4 nitrogen and oxygen atoms in total. The molecule has 3 rings (SSSR count). The summed E-state index contributed by atoms with van der Waals surface area (Å²) in [4.78, 5) is 7.92. The second-order valence-electron chi connectivity index (χ2n) is 4.49. The monoisotopic (exact) mass is 486 g/mol. The molecule has 3 aromatic rings. The zero-order chi connectivity index (χ0) is 15.8. The van der Waals surface area contributed by atoms with Crippen LogP contribution in [-0.2, 0) is 20.1 Å². The third kappa shape index (κ3) is 5.81. The molecule has 1 aromatic carbocycles. The van der Waals surface area contributed by atoms with Crippen LogP contribution in [0.4, 0.5) is 0 Å². The van der Waals surface area contributed by atoms with Crippen molar-refractivity contribution in [3.05, 3.63) is 72.1 Å². The largest absolute Gasteiger partial charge is 0.542 e. The second kappa shape index (κ2) is 9.72. The molecule has 1 N–H and O–H groups in total. The molecule has 121 valence electrons. The molecule has 0 amide bonds. The van der Waals surface area contributed by atoms with Crippen molar-refractivity contribution in [2.75, 3.05) is 7.05 Å². The summed E-state index contributed by atoms with van der Waals surface area (Å²) in [5.74, 6) is 1.83. The van der Waals surface area contributed by atoms with Crippen LogP contribution in [0.2, 0.25) is 0 Å². The molecule has 1 radical (unpaired) electrons. The van der Waals surface area contributed by atoms with Gasteiger partial charge in [0, 0.05) is 56.6 Å². The van der Waals surface area contributed by atoms with Gasteiger partial charge in [0.15, 0.2) is 0 Å². The van der Waals surface area contributed by atoms with Crippen molar-refractivity contribution in [3.8, 4) is 17.2 Å². The van der Waals surface area contributed by atoms with Crippen LogP contribution in [0.5, 0.6) is 5.75 Å². The van der Waals surface area contributed by atoms with Crippen LogP contribution in [0.15, 0.2) is 64.1 Å². The molecule has 0 saturated heterocycles. The average molecular weight is 486 g/mol. The number of nitrogens with zero attached hydrogens (tertiary/aromatic N) is 2. The maximum atomic E-state index is 9.15. The minimum atomic E-state index is 0. The van der Waals surface area contributed by atoms with Crippen molar-refractivity contribution < 1.29 is 29.6 Å². The number of benzene rings is 1. The Hall–Kier alpha value is -2.23. The van der Waals surface area contributed by atoms with Gasteiger partial charge in [0.1, 0.15) is 5.75 Å². The second-order valence-corrected chi connectivity index (χ2v) is 4.49. The molecule has 0 aliphatic heterocycles. The van der Waals surface area contributed by atoms with Gasteiger partial charge in [-0.2, -0.15) is 0 Å². The quantitative estimate of drug-likeness (QED) is 0.443. The van der Waals surface area contributed by atoms with Gasteiger partial charge in [-0.25, -0.2) is 0 Å². The van der Waals surface area contributed by atoms with Crippen molar-refractivity contribution in [1.29, 1.82) is 0 Å². The predicted molar refractivity (Wildman–Crippen MR) is 87.1 cm³/mol. The summed E-state index contributed by atoms with van der Waals surface area (Å²) in [7, 11) is 1.67. The zero-order valence-corrected chi connectivity index (χ0v) is 15.3. The number of pyridine rings is 1. The summed E-state index contributed by atoms with van der Waals surface area (Å²) in [6, 6.07) is 17.6. The van der Waals surface area contributed by atoms with E-state index in [1.807, 2.05) is 43.3 Å². The van der Waals surface area contributed by atoms with Crippen LogP contribution in [0.1, 0.15) is 11.3 Å². The van der Waals surface area contributed by atoms with E-state index in [0.29, 0.717) is 5.76 Å². The number of aliphatic imine (C=N–C) groups is 1. The first-order valence-corrected chi connectivity index (χ1v) is 6.80. The Balaban J connectivity index is 0.000000224. The summed E-state index contributed by atoms with van der Waals surface area (Å²) < 4.78 is 5.35. The van der Waals surface area contributed by atoms with Gasteiger partial charge in [0.25, 0.3) is 0 Å². The molecule has 0 saturated carbocycles. The first-order valence-electron chi connectivity index (χ1n) is 6.80. The van der Waals surface area contributed by atoms with E-state index in [0.717, 1.165) is 17.0 Å². The maximum absolute atomic E-state index is 9.15. The molecule has 0 spiro atoms. The van der Waals surface area contributed by atoms with Gasteiger partial charge < -0.3 is 14.5 Å². The van der Waals surface area contributed by atoms with E-state index in [1.54, 1.807) is 31.6 Å². The van der Waals surface area contributed by atoms with Crippen LogP contribution < -0.4 is 0 Å². The van der Waals surface area contributed by atoms with Crippen LogP contribution in [0.25, 0.3) is 11.5 Å². The Bertz CT molecular complexity index is 740. The van der Waals surface area contributed by atoms with Gasteiger partial charge in [-0.05, 0) is 24.0 Å². The molecule has 2 heterocycles. The summed E-state index contributed by atoms with van der Waals surface area (Å²) in [5.41, 5.74) is 1.58. The van der Waals surface area contributed by atoms with E-state index in [1.165, 1.54) is 0 Å². The summed E-state index contributed by atoms with van der Waals surface area (Å²) in [5, 5.41) is 9.15. The summed E-state index contributed by atoms with van der Waals surface area (Å²) in [6.07, 6.45) is 3.36. The fourth-order valence-electron chi connectivity index (χ4n) is 1.75. The molecule has 0 aliphatic carbocycles. The number of hydrogen-bond donors (Lipinski definition) is 1. The van der Waals surface area contributed by atoms with Gasteiger partial charge in [-0.1, -0.05) is 31.2 Å². The molecule has 5 heteroatoms. The first-order chi connectivity index (χ1) is 10.7. The fourth-order valence-corrected chi connectivity index (χ4v) is 1.75. The smallest absolute Gasteiger partial charge is 0.124 e. The van der Waals surface area contributed by atoms with Crippen LogP contribution >= 0.6 is 0 Å². The number of aryl methyl sites for hydroxylation is 1. The van der Waals surface area contributed by atoms with Gasteiger partial charge >= 0.3 is 0 Å². The van der Waals surface area contributed by atoms with Gasteiger partial charge in [0.2, 0.25) is 0 Å². The van der Waals surface area contributed by atoms with E-state index in [2.05, 4.69) is 16.0 Å². The average Bonchev–Trinajstić information content (AvgIpc) is 2.98. The summed E-state index contributed by atoms with van der Waals surface area (Å²) >= 11 is 0. The number of rotatable bonds is 2. The number of aromatic nitrogens is 1. The Morgan fingerprint density at radius 1 is 1.17 bits per heavy atom. The SMILES string of the molecule is CN=Cc1ccccc1O.Cc1c[c-]c(-c2ccccn2)o1.[Ir]. The van der Waals surface area contributed by atoms with Crippen molar-refractivity contribution in [3.63, 3.8) is 0 Å². The van der Waals surface area contributed by atoms with Crippen molar-refractivity contribution in [2.45, 2.75) is 6.92 Å². The summed E-state index contributed by atoms with van der Waals surface area (Å²) in [6.45, 7) is 1.89. The first kappa shape index (κ1) is 18.8. The van der Waals surface area contributed by atoms with E-state index < -0.39 is 0 Å². The van der Waals surface area contributed by atoms with Gasteiger partial charge in [-0.3, -0.25) is 4.99 Å². The minimum absolute atomic E-state index is 0. The van der Waals surface area contributed by atoms with Crippen LogP contribution in [0, 0.1) is 13.0 Å². The Kier molecular flexibility index (Phi) is 7.95. The number of phenolic OH excluding ortho intramolecular Hbond substituents is 1. The standard InChI is InChI=1S/C10H8NO.C8H9NO.Ir/c1-8-5-6-10(12-8)9-4-2-3-7-11-9;1-9-6-7-4-2-3-5-8(7)10;/h2-5,7H,1H3;2-6,10H,1H3;/q-1;;. The molecular weight excluding hydrogens is 468 g/mol. The van der Waals surface area contributed by atoms with Crippen molar-refractivity contribution >= 4 is 6.21 Å². The van der Waals surface area contributed by atoms with Crippen LogP contribution in [-0.4, -0.2) is 23.4 Å². The molecule has 0 bridgehead atoms. The third-order valence-corrected chi connectivity index (χ3v) is 2.77. The predicted octanol–water partition coefficient (Wildman–Crippen LogP) is 3.89. The molecule has 0 fully saturated rings. The normalized spacial score (nSPS) is 9.83. The van der Waals surface area contributed by atoms with Crippen molar-refractivity contribution in [1.82, 2.24) is 4.98 Å². The number of hydrogen-bond acceptors (Lipinski definition) is 4. The molecule has 0 unspecified atom stereocenters. The third-order valence-electron chi connectivity index (χ3n) is 2.77. The topological polar surface area (TPSA) is 58.6 Å². The molecule has 2 aromatic heterocycles. The molecular formula is C18H17IrN2O2-. The zero-order valence-electron chi connectivity index (χ0n) is 12.9. The molecule has 23 heavy (non-hydrogen) atoms.